The SMILES string of the molecule is CCn1nc(C)cc1CNCC(C)c1ccccc1. The molecule has 3 nitrogen and oxygen atoms in total. The van der Waals surface area contributed by atoms with Crippen molar-refractivity contribution in [1.29, 1.82) is 0 Å². The van der Waals surface area contributed by atoms with Gasteiger partial charge in [0.05, 0.1) is 11.4 Å². The lowest BCUT2D eigenvalue weighted by Crippen LogP contribution is -2.21. The van der Waals surface area contributed by atoms with Crippen molar-refractivity contribution in [3.05, 3.63) is 53.3 Å². The van der Waals surface area contributed by atoms with E-state index in [0.29, 0.717) is 5.92 Å². The van der Waals surface area contributed by atoms with Crippen molar-refractivity contribution in [2.75, 3.05) is 6.54 Å². The number of aromatic nitrogens is 2. The highest BCUT2D eigenvalue weighted by atomic mass is 15.3. The van der Waals surface area contributed by atoms with E-state index in [2.05, 4.69) is 65.3 Å². The van der Waals surface area contributed by atoms with Crippen molar-refractivity contribution in [2.24, 2.45) is 0 Å². The lowest BCUT2D eigenvalue weighted by Gasteiger charge is -2.13. The van der Waals surface area contributed by atoms with E-state index >= 15 is 0 Å². The van der Waals surface area contributed by atoms with Gasteiger partial charge in [0.15, 0.2) is 0 Å². The Hall–Kier alpha value is -1.61. The number of rotatable bonds is 6. The van der Waals surface area contributed by atoms with Crippen LogP contribution in [0, 0.1) is 6.92 Å². The maximum Gasteiger partial charge on any atom is 0.0597 e. The Morgan fingerprint density at radius 1 is 1.26 bits per heavy atom. The fraction of sp³-hybridized carbons (Fsp3) is 0.438. The summed E-state index contributed by atoms with van der Waals surface area (Å²) >= 11 is 0. The van der Waals surface area contributed by atoms with Gasteiger partial charge in [-0.15, -0.1) is 0 Å². The van der Waals surface area contributed by atoms with Crippen LogP contribution in [0.5, 0.6) is 0 Å². The van der Waals surface area contributed by atoms with Crippen LogP contribution in [0.1, 0.15) is 36.7 Å². The zero-order valence-electron chi connectivity index (χ0n) is 12.1. The van der Waals surface area contributed by atoms with E-state index in [1.165, 1.54) is 11.3 Å². The summed E-state index contributed by atoms with van der Waals surface area (Å²) in [4.78, 5) is 0. The van der Waals surface area contributed by atoms with Gasteiger partial charge in [-0.05, 0) is 31.4 Å². The number of aryl methyl sites for hydroxylation is 2. The van der Waals surface area contributed by atoms with Crippen LogP contribution in [0.15, 0.2) is 36.4 Å². The molecule has 3 heteroatoms. The first kappa shape index (κ1) is 13.8. The molecule has 0 bridgehead atoms. The van der Waals surface area contributed by atoms with E-state index < -0.39 is 0 Å². The summed E-state index contributed by atoms with van der Waals surface area (Å²) in [6.45, 7) is 9.22. The standard InChI is InChI=1S/C16H23N3/c1-4-19-16(10-14(3)18-19)12-17-11-13(2)15-8-6-5-7-9-15/h5-10,13,17H,4,11-12H2,1-3H3. The quantitative estimate of drug-likeness (QED) is 0.861. The molecule has 19 heavy (non-hydrogen) atoms. The van der Waals surface area contributed by atoms with Crippen LogP contribution < -0.4 is 5.32 Å². The molecule has 1 unspecified atom stereocenters. The zero-order chi connectivity index (χ0) is 13.7. The first-order valence-corrected chi connectivity index (χ1v) is 6.99. The smallest absolute Gasteiger partial charge is 0.0597 e. The molecule has 0 fully saturated rings. The van der Waals surface area contributed by atoms with E-state index in [1.54, 1.807) is 0 Å². The van der Waals surface area contributed by atoms with Crippen molar-refractivity contribution in [2.45, 2.75) is 39.8 Å². The third-order valence-corrected chi connectivity index (χ3v) is 3.41. The lowest BCUT2D eigenvalue weighted by atomic mass is 10.0. The molecule has 0 spiro atoms. The number of benzene rings is 1. The molecule has 1 atom stereocenters. The van der Waals surface area contributed by atoms with Gasteiger partial charge in [0, 0.05) is 19.6 Å². The molecular weight excluding hydrogens is 234 g/mol. The average molecular weight is 257 g/mol. The normalized spacial score (nSPS) is 12.6. The predicted octanol–water partition coefficient (Wildman–Crippen LogP) is 3.10. The molecule has 0 radical (unpaired) electrons. The predicted molar refractivity (Wildman–Crippen MR) is 79.2 cm³/mol. The molecule has 0 amide bonds. The fourth-order valence-corrected chi connectivity index (χ4v) is 2.33. The molecule has 102 valence electrons. The minimum absolute atomic E-state index is 0.528. The Labute approximate surface area is 115 Å². The van der Waals surface area contributed by atoms with Gasteiger partial charge in [-0.25, -0.2) is 0 Å². The molecule has 0 aliphatic rings. The van der Waals surface area contributed by atoms with Crippen molar-refractivity contribution >= 4 is 0 Å². The molecule has 0 aliphatic heterocycles. The van der Waals surface area contributed by atoms with Crippen LogP contribution in [0.3, 0.4) is 0 Å². The number of hydrogen-bond donors (Lipinski definition) is 1. The largest absolute Gasteiger partial charge is 0.311 e. The van der Waals surface area contributed by atoms with Crippen LogP contribution in [0.25, 0.3) is 0 Å². The summed E-state index contributed by atoms with van der Waals surface area (Å²) in [7, 11) is 0. The molecule has 1 aromatic carbocycles. The average Bonchev–Trinajstić information content (AvgIpc) is 2.80. The van der Waals surface area contributed by atoms with Gasteiger partial charge in [-0.1, -0.05) is 37.3 Å². The van der Waals surface area contributed by atoms with Crippen molar-refractivity contribution < 1.29 is 0 Å². The maximum absolute atomic E-state index is 4.46. The number of nitrogens with zero attached hydrogens (tertiary/aromatic N) is 2. The molecule has 0 saturated carbocycles. The van der Waals surface area contributed by atoms with Crippen molar-refractivity contribution in [1.82, 2.24) is 15.1 Å². The summed E-state index contributed by atoms with van der Waals surface area (Å²) in [6, 6.07) is 12.8. The first-order chi connectivity index (χ1) is 9.20. The monoisotopic (exact) mass is 257 g/mol. The molecular formula is C16H23N3. The molecule has 2 rings (SSSR count). The summed E-state index contributed by atoms with van der Waals surface area (Å²) in [6.07, 6.45) is 0. The van der Waals surface area contributed by atoms with Gasteiger partial charge in [0.25, 0.3) is 0 Å². The second kappa shape index (κ2) is 6.53. The van der Waals surface area contributed by atoms with Gasteiger partial charge in [0.2, 0.25) is 0 Å². The van der Waals surface area contributed by atoms with Gasteiger partial charge < -0.3 is 5.32 Å². The first-order valence-electron chi connectivity index (χ1n) is 6.99. The molecule has 1 heterocycles. The zero-order valence-corrected chi connectivity index (χ0v) is 12.1. The van der Waals surface area contributed by atoms with E-state index in [4.69, 9.17) is 0 Å². The van der Waals surface area contributed by atoms with Crippen LogP contribution in [0.4, 0.5) is 0 Å². The fourth-order valence-electron chi connectivity index (χ4n) is 2.33. The maximum atomic E-state index is 4.46. The Morgan fingerprint density at radius 2 is 2.00 bits per heavy atom. The Kier molecular flexibility index (Phi) is 4.74. The summed E-state index contributed by atoms with van der Waals surface area (Å²) in [5.41, 5.74) is 3.74. The van der Waals surface area contributed by atoms with Gasteiger partial charge >= 0.3 is 0 Å². The van der Waals surface area contributed by atoms with E-state index in [1.807, 2.05) is 6.92 Å². The Morgan fingerprint density at radius 3 is 2.68 bits per heavy atom. The lowest BCUT2D eigenvalue weighted by molar-refractivity contribution is 0.559. The second-order valence-electron chi connectivity index (χ2n) is 5.04. The van der Waals surface area contributed by atoms with Crippen LogP contribution >= 0.6 is 0 Å². The van der Waals surface area contributed by atoms with Crippen LogP contribution in [-0.2, 0) is 13.1 Å². The molecule has 0 aliphatic carbocycles. The van der Waals surface area contributed by atoms with Crippen LogP contribution in [0.2, 0.25) is 0 Å². The molecule has 1 aromatic heterocycles. The highest BCUT2D eigenvalue weighted by Gasteiger charge is 2.06. The third kappa shape index (κ3) is 3.67. The summed E-state index contributed by atoms with van der Waals surface area (Å²) < 4.78 is 2.06. The van der Waals surface area contributed by atoms with Crippen LogP contribution in [-0.4, -0.2) is 16.3 Å². The number of hydrogen-bond acceptors (Lipinski definition) is 2. The highest BCUT2D eigenvalue weighted by molar-refractivity contribution is 5.19. The minimum atomic E-state index is 0.528. The molecule has 0 saturated heterocycles. The topological polar surface area (TPSA) is 29.9 Å². The van der Waals surface area contributed by atoms with Crippen molar-refractivity contribution in [3.63, 3.8) is 0 Å². The summed E-state index contributed by atoms with van der Waals surface area (Å²) in [5, 5.41) is 7.99. The van der Waals surface area contributed by atoms with Gasteiger partial charge in [-0.2, -0.15) is 5.10 Å². The van der Waals surface area contributed by atoms with Gasteiger partial charge in [-0.3, -0.25) is 4.68 Å². The Balaban J connectivity index is 1.86. The third-order valence-electron chi connectivity index (χ3n) is 3.41. The second-order valence-corrected chi connectivity index (χ2v) is 5.04. The minimum Gasteiger partial charge on any atom is -0.311 e. The number of nitrogens with one attached hydrogen (secondary N) is 1. The molecule has 2 aromatic rings. The van der Waals surface area contributed by atoms with Gasteiger partial charge in [0.1, 0.15) is 0 Å². The summed E-state index contributed by atoms with van der Waals surface area (Å²) in [5.74, 6) is 0.528. The Bertz CT molecular complexity index is 502. The van der Waals surface area contributed by atoms with E-state index in [9.17, 15) is 0 Å². The van der Waals surface area contributed by atoms with Crippen molar-refractivity contribution in [3.8, 4) is 0 Å². The highest BCUT2D eigenvalue weighted by Crippen LogP contribution is 2.13. The van der Waals surface area contributed by atoms with E-state index in [0.717, 1.165) is 25.3 Å². The molecule has 1 N–H and O–H groups in total. The van der Waals surface area contributed by atoms with E-state index in [-0.39, 0.29) is 0 Å².